The van der Waals surface area contributed by atoms with Crippen molar-refractivity contribution in [3.8, 4) is 0 Å². The van der Waals surface area contributed by atoms with E-state index >= 15 is 0 Å². The average molecular weight is 367 g/mol. The van der Waals surface area contributed by atoms with Crippen LogP contribution in [-0.2, 0) is 19.1 Å². The number of aromatic nitrogens is 5. The van der Waals surface area contributed by atoms with E-state index in [4.69, 9.17) is 4.42 Å². The van der Waals surface area contributed by atoms with Crippen molar-refractivity contribution in [2.45, 2.75) is 38.6 Å². The van der Waals surface area contributed by atoms with E-state index in [-0.39, 0.29) is 11.3 Å². The summed E-state index contributed by atoms with van der Waals surface area (Å²) in [5.41, 5.74) is -0.539. The van der Waals surface area contributed by atoms with Gasteiger partial charge in [0.15, 0.2) is 0 Å². The molecule has 0 aliphatic rings. The van der Waals surface area contributed by atoms with Gasteiger partial charge in [-0.25, -0.2) is 0 Å². The number of aryl methyl sites for hydroxylation is 3. The molecule has 138 valence electrons. The summed E-state index contributed by atoms with van der Waals surface area (Å²) in [6, 6.07) is 4.52. The van der Waals surface area contributed by atoms with Crippen molar-refractivity contribution in [2.75, 3.05) is 0 Å². The van der Waals surface area contributed by atoms with Gasteiger partial charge in [-0.05, 0) is 24.1 Å². The molecular formula is C16H16F3N5O2. The number of alkyl halides is 3. The quantitative estimate of drug-likeness (QED) is 0.720. The first-order valence-electron chi connectivity index (χ1n) is 7.87. The molecule has 1 aromatic carbocycles. The number of hydrogen-bond acceptors (Lipinski definition) is 6. The maximum absolute atomic E-state index is 12.8. The first kappa shape index (κ1) is 18.1. The minimum Gasteiger partial charge on any atom is -0.426 e. The number of aliphatic hydroxyl groups excluding tert-OH is 1. The van der Waals surface area contributed by atoms with Crippen LogP contribution in [0.25, 0.3) is 0 Å². The Kier molecular flexibility index (Phi) is 5.03. The Morgan fingerprint density at radius 1 is 1.23 bits per heavy atom. The van der Waals surface area contributed by atoms with Gasteiger partial charge in [0.05, 0.1) is 11.8 Å². The third-order valence-corrected chi connectivity index (χ3v) is 3.71. The van der Waals surface area contributed by atoms with E-state index in [0.29, 0.717) is 31.2 Å². The van der Waals surface area contributed by atoms with Gasteiger partial charge in [-0.1, -0.05) is 17.3 Å². The van der Waals surface area contributed by atoms with Crippen molar-refractivity contribution < 1.29 is 22.7 Å². The predicted octanol–water partition coefficient (Wildman–Crippen LogP) is 2.70. The lowest BCUT2D eigenvalue weighted by Crippen LogP contribution is -2.07. The molecule has 0 fully saturated rings. The highest BCUT2D eigenvalue weighted by molar-refractivity contribution is 5.30. The van der Waals surface area contributed by atoms with Crippen LogP contribution in [-0.4, -0.2) is 30.3 Å². The molecule has 7 nitrogen and oxygen atoms in total. The summed E-state index contributed by atoms with van der Waals surface area (Å²) in [4.78, 5) is 0. The van der Waals surface area contributed by atoms with E-state index in [1.807, 2.05) is 0 Å². The summed E-state index contributed by atoms with van der Waals surface area (Å²) in [5, 5.41) is 25.6. The van der Waals surface area contributed by atoms with Crippen molar-refractivity contribution in [3.05, 3.63) is 59.1 Å². The molecule has 0 aliphatic carbocycles. The summed E-state index contributed by atoms with van der Waals surface area (Å²) >= 11 is 0. The number of hydrogen-bond donors (Lipinski definition) is 1. The molecule has 3 aromatic rings. The van der Waals surface area contributed by atoms with Crippen LogP contribution < -0.4 is 0 Å². The Balaban J connectivity index is 1.63. The van der Waals surface area contributed by atoms with Gasteiger partial charge in [0, 0.05) is 19.9 Å². The van der Waals surface area contributed by atoms with Crippen LogP contribution in [0.15, 0.2) is 34.9 Å². The molecule has 1 N–H and O–H groups in total. The summed E-state index contributed by atoms with van der Waals surface area (Å²) in [7, 11) is 0. The van der Waals surface area contributed by atoms with Crippen LogP contribution in [0.5, 0.6) is 0 Å². The molecule has 1 unspecified atom stereocenters. The fraction of sp³-hybridized carbons (Fsp3) is 0.375. The zero-order chi connectivity index (χ0) is 18.7. The minimum absolute atomic E-state index is 0.105. The maximum Gasteiger partial charge on any atom is 0.416 e. The van der Waals surface area contributed by atoms with Gasteiger partial charge in [0.25, 0.3) is 0 Å². The van der Waals surface area contributed by atoms with Crippen molar-refractivity contribution >= 4 is 0 Å². The molecule has 1 atom stereocenters. The van der Waals surface area contributed by atoms with Gasteiger partial charge in [-0.2, -0.15) is 13.2 Å². The van der Waals surface area contributed by atoms with Gasteiger partial charge >= 0.3 is 6.18 Å². The molecule has 2 aromatic heterocycles. The van der Waals surface area contributed by atoms with Gasteiger partial charge in [-0.3, -0.25) is 4.68 Å². The summed E-state index contributed by atoms with van der Waals surface area (Å²) in [6.45, 7) is 2.19. The summed E-state index contributed by atoms with van der Waals surface area (Å²) in [5.74, 6) is 1.01. The highest BCUT2D eigenvalue weighted by Crippen LogP contribution is 2.31. The van der Waals surface area contributed by atoms with Gasteiger partial charge < -0.3 is 9.52 Å². The highest BCUT2D eigenvalue weighted by Gasteiger charge is 2.31. The number of halogens is 3. The molecular weight excluding hydrogens is 351 g/mol. The maximum atomic E-state index is 12.8. The molecule has 26 heavy (non-hydrogen) atoms. The largest absolute Gasteiger partial charge is 0.426 e. The third-order valence-electron chi connectivity index (χ3n) is 3.71. The van der Waals surface area contributed by atoms with Gasteiger partial charge in [0.1, 0.15) is 11.8 Å². The lowest BCUT2D eigenvalue weighted by Gasteiger charge is -2.11. The van der Waals surface area contributed by atoms with E-state index in [2.05, 4.69) is 20.5 Å². The van der Waals surface area contributed by atoms with Crippen LogP contribution in [0, 0.1) is 6.92 Å². The van der Waals surface area contributed by atoms with Crippen LogP contribution in [0.4, 0.5) is 13.2 Å². The van der Waals surface area contributed by atoms with E-state index in [1.54, 1.807) is 6.92 Å². The fourth-order valence-electron chi connectivity index (χ4n) is 2.43. The standard InChI is InChI=1S/C16H16F3N5O2/c1-10-20-22-14(26-10)6-3-7-24-9-13(21-23-24)15(25)11-4-2-5-12(8-11)16(17,18)19/h2,4-5,8-9,15,25H,3,6-7H2,1H3. The number of nitrogens with zero attached hydrogens (tertiary/aromatic N) is 5. The smallest absolute Gasteiger partial charge is 0.416 e. The fourth-order valence-corrected chi connectivity index (χ4v) is 2.43. The Morgan fingerprint density at radius 3 is 2.73 bits per heavy atom. The zero-order valence-electron chi connectivity index (χ0n) is 13.8. The van der Waals surface area contributed by atoms with Crippen LogP contribution in [0.2, 0.25) is 0 Å². The van der Waals surface area contributed by atoms with E-state index in [9.17, 15) is 18.3 Å². The Hall–Kier alpha value is -2.75. The second-order valence-electron chi connectivity index (χ2n) is 5.75. The Bertz CT molecular complexity index is 875. The average Bonchev–Trinajstić information content (AvgIpc) is 3.23. The number of benzene rings is 1. The Morgan fingerprint density at radius 2 is 2.04 bits per heavy atom. The molecule has 0 radical (unpaired) electrons. The zero-order valence-corrected chi connectivity index (χ0v) is 13.8. The summed E-state index contributed by atoms with van der Waals surface area (Å²) < 4.78 is 45.1. The van der Waals surface area contributed by atoms with Crippen LogP contribution in [0.3, 0.4) is 0 Å². The topological polar surface area (TPSA) is 89.9 Å². The molecule has 0 bridgehead atoms. The lowest BCUT2D eigenvalue weighted by molar-refractivity contribution is -0.137. The third kappa shape index (κ3) is 4.26. The highest BCUT2D eigenvalue weighted by atomic mass is 19.4. The molecule has 0 saturated heterocycles. The number of rotatable bonds is 6. The van der Waals surface area contributed by atoms with Gasteiger partial charge in [-0.15, -0.1) is 15.3 Å². The van der Waals surface area contributed by atoms with Crippen molar-refractivity contribution in [3.63, 3.8) is 0 Å². The van der Waals surface area contributed by atoms with Crippen LogP contribution >= 0.6 is 0 Å². The van der Waals surface area contributed by atoms with Crippen molar-refractivity contribution in [1.29, 1.82) is 0 Å². The van der Waals surface area contributed by atoms with Crippen LogP contribution in [0.1, 0.15) is 41.1 Å². The first-order chi connectivity index (χ1) is 12.3. The Labute approximate surface area is 146 Å². The van der Waals surface area contributed by atoms with Gasteiger partial charge in [0.2, 0.25) is 11.8 Å². The lowest BCUT2D eigenvalue weighted by atomic mass is 10.0. The van der Waals surface area contributed by atoms with E-state index in [1.165, 1.54) is 23.0 Å². The second kappa shape index (κ2) is 7.24. The van der Waals surface area contributed by atoms with Crippen molar-refractivity contribution in [1.82, 2.24) is 25.2 Å². The molecule has 0 saturated carbocycles. The molecule has 3 rings (SSSR count). The summed E-state index contributed by atoms with van der Waals surface area (Å²) in [6.07, 6.45) is -3.04. The predicted molar refractivity (Wildman–Crippen MR) is 82.9 cm³/mol. The monoisotopic (exact) mass is 367 g/mol. The minimum atomic E-state index is -4.47. The van der Waals surface area contributed by atoms with E-state index in [0.717, 1.165) is 12.1 Å². The van der Waals surface area contributed by atoms with Crippen molar-refractivity contribution in [2.24, 2.45) is 0 Å². The molecule has 0 spiro atoms. The molecule has 2 heterocycles. The molecule has 0 amide bonds. The molecule has 0 aliphatic heterocycles. The normalized spacial score (nSPS) is 13.1. The molecule has 10 heteroatoms. The number of aliphatic hydroxyl groups is 1. The second-order valence-corrected chi connectivity index (χ2v) is 5.75. The van der Waals surface area contributed by atoms with E-state index < -0.39 is 17.8 Å². The SMILES string of the molecule is Cc1nnc(CCCn2cc(C(O)c3cccc(C(F)(F)F)c3)nn2)o1. The first-order valence-corrected chi connectivity index (χ1v) is 7.87.